The van der Waals surface area contributed by atoms with Crippen LogP contribution in [0.3, 0.4) is 0 Å². The van der Waals surface area contributed by atoms with Gasteiger partial charge in [-0.05, 0) is 32.3 Å². The quantitative estimate of drug-likeness (QED) is 0.794. The van der Waals surface area contributed by atoms with Gasteiger partial charge in [-0.1, -0.05) is 42.6 Å². The van der Waals surface area contributed by atoms with Crippen molar-refractivity contribution in [2.75, 3.05) is 18.1 Å². The lowest BCUT2D eigenvalue weighted by Gasteiger charge is -2.33. The number of amides is 1. The van der Waals surface area contributed by atoms with Crippen LogP contribution in [0, 0.1) is 0 Å². The summed E-state index contributed by atoms with van der Waals surface area (Å²) in [6, 6.07) is 7.80. The number of benzene rings is 1. The zero-order valence-corrected chi connectivity index (χ0v) is 16.8. The number of rotatable bonds is 6. The smallest absolute Gasteiger partial charge is 0.278 e. The van der Waals surface area contributed by atoms with Crippen molar-refractivity contribution < 1.29 is 18.5 Å². The number of hydrogen-bond donors (Lipinski definition) is 1. The van der Waals surface area contributed by atoms with E-state index in [1.165, 1.54) is 0 Å². The zero-order chi connectivity index (χ0) is 18.7. The molecule has 0 bridgehead atoms. The second-order valence-electron chi connectivity index (χ2n) is 7.55. The van der Waals surface area contributed by atoms with Crippen molar-refractivity contribution in [3.05, 3.63) is 34.9 Å². The summed E-state index contributed by atoms with van der Waals surface area (Å²) in [5, 5.41) is 2.70. The predicted molar refractivity (Wildman–Crippen MR) is 103 cm³/mol. The molecular weight excluding hydrogens is 372 g/mol. The van der Waals surface area contributed by atoms with Gasteiger partial charge in [0, 0.05) is 22.7 Å². The minimum atomic E-state index is -3.00. The number of sulfone groups is 1. The number of nitrogens with zero attached hydrogens (tertiary/aromatic N) is 1. The molecule has 144 valence electrons. The summed E-state index contributed by atoms with van der Waals surface area (Å²) in [5.41, 5.74) is 1.01. The number of nitrogens with two attached hydrogens (primary N) is 1. The molecule has 1 aliphatic carbocycles. The standard InChI is InChI=1S/C19H27ClN2O3S/c1-14(17-8-4-5-9-18(17)20)21-12-19(23)22(15-6-2-3-7-15)16-10-11-26(24,25)13-16/h4-5,8-9,14-16,21H,2-3,6-7,10-13H2,1H3/p+1/t14-,16+/m0/s1. The molecule has 3 rings (SSSR count). The molecule has 1 saturated heterocycles. The fourth-order valence-electron chi connectivity index (χ4n) is 4.24. The van der Waals surface area contributed by atoms with E-state index in [1.54, 1.807) is 0 Å². The van der Waals surface area contributed by atoms with Gasteiger partial charge in [0.05, 0.1) is 11.5 Å². The molecule has 5 nitrogen and oxygen atoms in total. The summed E-state index contributed by atoms with van der Waals surface area (Å²) in [6.45, 7) is 2.36. The highest BCUT2D eigenvalue weighted by molar-refractivity contribution is 7.91. The van der Waals surface area contributed by atoms with E-state index in [2.05, 4.69) is 0 Å². The van der Waals surface area contributed by atoms with Crippen LogP contribution in [0.4, 0.5) is 0 Å². The molecule has 1 amide bonds. The average molecular weight is 400 g/mol. The molecule has 1 aliphatic heterocycles. The normalized spacial score (nSPS) is 23.8. The van der Waals surface area contributed by atoms with Gasteiger partial charge in [0.2, 0.25) is 0 Å². The van der Waals surface area contributed by atoms with Crippen LogP contribution < -0.4 is 5.32 Å². The fraction of sp³-hybridized carbons (Fsp3) is 0.632. The van der Waals surface area contributed by atoms with Gasteiger partial charge in [-0.3, -0.25) is 4.79 Å². The van der Waals surface area contributed by atoms with E-state index in [9.17, 15) is 13.2 Å². The van der Waals surface area contributed by atoms with Crippen LogP contribution in [-0.2, 0) is 14.6 Å². The number of carbonyl (C=O) groups is 1. The molecule has 1 saturated carbocycles. The Hall–Kier alpha value is -1.11. The molecule has 1 aromatic rings. The van der Waals surface area contributed by atoms with Gasteiger partial charge in [-0.25, -0.2) is 8.42 Å². The van der Waals surface area contributed by atoms with Gasteiger partial charge < -0.3 is 10.2 Å². The second kappa shape index (κ2) is 8.28. The SMILES string of the molecule is C[C@H]([NH2+]CC(=O)N(C1CCCC1)[C@@H]1CCS(=O)(=O)C1)c1ccccc1Cl. The summed E-state index contributed by atoms with van der Waals surface area (Å²) < 4.78 is 23.8. The Bertz CT molecular complexity index is 747. The van der Waals surface area contributed by atoms with E-state index in [0.717, 1.165) is 31.2 Å². The highest BCUT2D eigenvalue weighted by Crippen LogP contribution is 2.29. The first kappa shape index (κ1) is 19.6. The topological polar surface area (TPSA) is 71.1 Å². The lowest BCUT2D eigenvalue weighted by molar-refractivity contribution is -0.683. The molecular formula is C19H28ClN2O3S+. The van der Waals surface area contributed by atoms with Crippen LogP contribution in [-0.4, -0.2) is 49.4 Å². The Morgan fingerprint density at radius 2 is 1.92 bits per heavy atom. The van der Waals surface area contributed by atoms with Gasteiger partial charge in [0.25, 0.3) is 5.91 Å². The van der Waals surface area contributed by atoms with Gasteiger partial charge in [0.1, 0.15) is 6.04 Å². The maximum Gasteiger partial charge on any atom is 0.278 e. The molecule has 26 heavy (non-hydrogen) atoms. The lowest BCUT2D eigenvalue weighted by atomic mass is 10.1. The first-order valence-corrected chi connectivity index (χ1v) is 11.7. The summed E-state index contributed by atoms with van der Waals surface area (Å²) in [5.74, 6) is 0.376. The Kier molecular flexibility index (Phi) is 6.25. The van der Waals surface area contributed by atoms with Crippen LogP contribution >= 0.6 is 11.6 Å². The lowest BCUT2D eigenvalue weighted by Crippen LogP contribution is -2.87. The summed E-state index contributed by atoms with van der Waals surface area (Å²) in [6.07, 6.45) is 4.79. The Morgan fingerprint density at radius 1 is 1.23 bits per heavy atom. The Morgan fingerprint density at radius 3 is 2.54 bits per heavy atom. The van der Waals surface area contributed by atoms with E-state index in [-0.39, 0.29) is 35.5 Å². The first-order chi connectivity index (χ1) is 12.4. The highest BCUT2D eigenvalue weighted by atomic mass is 35.5. The molecule has 2 aliphatic rings. The number of quaternary nitrogens is 1. The van der Waals surface area contributed by atoms with E-state index < -0.39 is 9.84 Å². The molecule has 2 atom stereocenters. The highest BCUT2D eigenvalue weighted by Gasteiger charge is 2.39. The second-order valence-corrected chi connectivity index (χ2v) is 10.2. The molecule has 0 aromatic heterocycles. The van der Waals surface area contributed by atoms with E-state index >= 15 is 0 Å². The largest absolute Gasteiger partial charge is 0.332 e. The van der Waals surface area contributed by atoms with Gasteiger partial charge in [-0.2, -0.15) is 0 Å². The van der Waals surface area contributed by atoms with E-state index in [4.69, 9.17) is 11.6 Å². The van der Waals surface area contributed by atoms with Gasteiger partial charge in [0.15, 0.2) is 16.4 Å². The molecule has 1 aromatic carbocycles. The minimum absolute atomic E-state index is 0.0536. The van der Waals surface area contributed by atoms with Crippen LogP contribution in [0.2, 0.25) is 5.02 Å². The van der Waals surface area contributed by atoms with E-state index in [0.29, 0.717) is 18.0 Å². The summed E-state index contributed by atoms with van der Waals surface area (Å²) in [4.78, 5) is 14.9. The predicted octanol–water partition coefficient (Wildman–Crippen LogP) is 1.92. The van der Waals surface area contributed by atoms with Crippen LogP contribution in [0.1, 0.15) is 50.6 Å². The molecule has 2 N–H and O–H groups in total. The summed E-state index contributed by atoms with van der Waals surface area (Å²) in [7, 11) is -3.00. The van der Waals surface area contributed by atoms with Gasteiger partial charge in [-0.15, -0.1) is 0 Å². The average Bonchev–Trinajstić information content (AvgIpc) is 3.23. The van der Waals surface area contributed by atoms with Crippen molar-refractivity contribution >= 4 is 27.3 Å². The molecule has 0 spiro atoms. The molecule has 0 radical (unpaired) electrons. The maximum atomic E-state index is 13.0. The van der Waals surface area contributed by atoms with Crippen LogP contribution in [0.25, 0.3) is 0 Å². The van der Waals surface area contributed by atoms with Crippen molar-refractivity contribution in [1.82, 2.24) is 4.90 Å². The van der Waals surface area contributed by atoms with Gasteiger partial charge >= 0.3 is 0 Å². The van der Waals surface area contributed by atoms with Crippen molar-refractivity contribution in [3.8, 4) is 0 Å². The third kappa shape index (κ3) is 4.59. The molecule has 2 fully saturated rings. The van der Waals surface area contributed by atoms with Crippen LogP contribution in [0.5, 0.6) is 0 Å². The number of halogens is 1. The Balaban J connectivity index is 1.67. The first-order valence-electron chi connectivity index (χ1n) is 9.47. The third-order valence-electron chi connectivity index (χ3n) is 5.65. The molecule has 0 unspecified atom stereocenters. The summed E-state index contributed by atoms with van der Waals surface area (Å²) >= 11 is 6.25. The molecule has 1 heterocycles. The number of hydrogen-bond acceptors (Lipinski definition) is 3. The number of carbonyl (C=O) groups excluding carboxylic acids is 1. The Labute approximate surface area is 161 Å². The van der Waals surface area contributed by atoms with Crippen molar-refractivity contribution in [2.45, 2.75) is 57.2 Å². The van der Waals surface area contributed by atoms with Crippen molar-refractivity contribution in [2.24, 2.45) is 0 Å². The monoisotopic (exact) mass is 399 g/mol. The molecule has 7 heteroatoms. The van der Waals surface area contributed by atoms with Crippen molar-refractivity contribution in [3.63, 3.8) is 0 Å². The fourth-order valence-corrected chi connectivity index (χ4v) is 6.26. The maximum absolute atomic E-state index is 13.0. The minimum Gasteiger partial charge on any atom is -0.332 e. The zero-order valence-electron chi connectivity index (χ0n) is 15.2. The third-order valence-corrected chi connectivity index (χ3v) is 7.74. The van der Waals surface area contributed by atoms with E-state index in [1.807, 2.05) is 41.4 Å². The van der Waals surface area contributed by atoms with Crippen LogP contribution in [0.15, 0.2) is 24.3 Å². The van der Waals surface area contributed by atoms with Crippen molar-refractivity contribution in [1.29, 1.82) is 0 Å².